The fraction of sp³-hybridized carbons (Fsp3) is 1.00. The molecule has 0 unspecified atom stereocenters. The molecule has 2 atom stereocenters. The van der Waals surface area contributed by atoms with Crippen LogP contribution in [0.2, 0.25) is 0 Å². The minimum atomic E-state index is -3.07. The van der Waals surface area contributed by atoms with E-state index < -0.39 is 10.0 Å². The average molecular weight is 206 g/mol. The molecule has 1 aliphatic rings. The van der Waals surface area contributed by atoms with Gasteiger partial charge in [-0.2, -0.15) is 0 Å². The molecule has 0 aromatic carbocycles. The summed E-state index contributed by atoms with van der Waals surface area (Å²) in [5.41, 5.74) is 5.58. The second kappa shape index (κ2) is 4.39. The number of nitrogens with two attached hydrogens (primary N) is 1. The zero-order valence-electron chi connectivity index (χ0n) is 7.99. The van der Waals surface area contributed by atoms with Crippen molar-refractivity contribution in [3.8, 4) is 0 Å². The van der Waals surface area contributed by atoms with Crippen LogP contribution in [0, 0.1) is 5.92 Å². The lowest BCUT2D eigenvalue weighted by Gasteiger charge is -2.30. The fourth-order valence-electron chi connectivity index (χ4n) is 1.92. The van der Waals surface area contributed by atoms with Crippen LogP contribution in [0.1, 0.15) is 25.7 Å². The third-order valence-electron chi connectivity index (χ3n) is 2.58. The molecular formula is C8H18N2O2S. The Morgan fingerprint density at radius 2 is 2.00 bits per heavy atom. The summed E-state index contributed by atoms with van der Waals surface area (Å²) in [5, 5.41) is 0. The molecule has 4 nitrogen and oxygen atoms in total. The van der Waals surface area contributed by atoms with Gasteiger partial charge < -0.3 is 5.73 Å². The smallest absolute Gasteiger partial charge is 0.208 e. The fourth-order valence-corrected chi connectivity index (χ4v) is 2.78. The van der Waals surface area contributed by atoms with Gasteiger partial charge in [0.05, 0.1) is 6.26 Å². The van der Waals surface area contributed by atoms with Crippen LogP contribution >= 0.6 is 0 Å². The molecule has 0 amide bonds. The Balaban J connectivity index is 2.55. The SMILES string of the molecule is CS(=O)(=O)N[C@@H]1CCCC[C@@H]1CN. The maximum absolute atomic E-state index is 11.0. The van der Waals surface area contributed by atoms with E-state index in [1.807, 2.05) is 0 Å². The van der Waals surface area contributed by atoms with Crippen molar-refractivity contribution in [1.82, 2.24) is 4.72 Å². The molecule has 1 saturated carbocycles. The van der Waals surface area contributed by atoms with E-state index in [0.717, 1.165) is 19.3 Å². The van der Waals surface area contributed by atoms with Crippen LogP contribution in [0.3, 0.4) is 0 Å². The van der Waals surface area contributed by atoms with E-state index in [-0.39, 0.29) is 6.04 Å². The van der Waals surface area contributed by atoms with Gasteiger partial charge in [-0.15, -0.1) is 0 Å². The molecule has 0 spiro atoms. The Morgan fingerprint density at radius 1 is 1.38 bits per heavy atom. The highest BCUT2D eigenvalue weighted by molar-refractivity contribution is 7.88. The highest BCUT2D eigenvalue weighted by atomic mass is 32.2. The first kappa shape index (κ1) is 10.9. The quantitative estimate of drug-likeness (QED) is 0.685. The third kappa shape index (κ3) is 3.62. The summed E-state index contributed by atoms with van der Waals surface area (Å²) in [4.78, 5) is 0. The molecule has 0 aromatic heterocycles. The van der Waals surface area contributed by atoms with Gasteiger partial charge in [-0.25, -0.2) is 13.1 Å². The summed E-state index contributed by atoms with van der Waals surface area (Å²) in [6.07, 6.45) is 5.45. The van der Waals surface area contributed by atoms with Gasteiger partial charge in [-0.3, -0.25) is 0 Å². The molecule has 78 valence electrons. The van der Waals surface area contributed by atoms with E-state index in [9.17, 15) is 8.42 Å². The van der Waals surface area contributed by atoms with Gasteiger partial charge in [0, 0.05) is 6.04 Å². The predicted octanol–water partition coefficient (Wildman–Crippen LogP) is 0.0531. The Hall–Kier alpha value is -0.130. The highest BCUT2D eigenvalue weighted by Crippen LogP contribution is 2.23. The third-order valence-corrected chi connectivity index (χ3v) is 3.31. The van der Waals surface area contributed by atoms with Crippen molar-refractivity contribution in [2.45, 2.75) is 31.7 Å². The summed E-state index contributed by atoms with van der Waals surface area (Å²) in [7, 11) is -3.07. The van der Waals surface area contributed by atoms with Crippen molar-refractivity contribution in [3.63, 3.8) is 0 Å². The summed E-state index contributed by atoms with van der Waals surface area (Å²) in [6.45, 7) is 0.577. The Labute approximate surface area is 79.9 Å². The van der Waals surface area contributed by atoms with E-state index in [1.54, 1.807) is 0 Å². The van der Waals surface area contributed by atoms with Crippen molar-refractivity contribution in [2.24, 2.45) is 11.7 Å². The highest BCUT2D eigenvalue weighted by Gasteiger charge is 2.25. The molecule has 0 saturated heterocycles. The average Bonchev–Trinajstić information content (AvgIpc) is 2.02. The van der Waals surface area contributed by atoms with E-state index in [4.69, 9.17) is 5.73 Å². The van der Waals surface area contributed by atoms with Gasteiger partial charge in [0.15, 0.2) is 0 Å². The van der Waals surface area contributed by atoms with Gasteiger partial charge >= 0.3 is 0 Å². The van der Waals surface area contributed by atoms with Gasteiger partial charge in [0.2, 0.25) is 10.0 Å². The number of hydrogen-bond acceptors (Lipinski definition) is 3. The zero-order valence-corrected chi connectivity index (χ0v) is 8.81. The van der Waals surface area contributed by atoms with Crippen molar-refractivity contribution in [2.75, 3.05) is 12.8 Å². The molecule has 1 rings (SSSR count). The van der Waals surface area contributed by atoms with Gasteiger partial charge in [-0.05, 0) is 25.3 Å². The molecule has 13 heavy (non-hydrogen) atoms. The van der Waals surface area contributed by atoms with Crippen LogP contribution in [-0.2, 0) is 10.0 Å². The summed E-state index contributed by atoms with van der Waals surface area (Å²) in [6, 6.07) is 0.0637. The molecule has 0 radical (unpaired) electrons. The number of sulfonamides is 1. The maximum atomic E-state index is 11.0. The Bertz CT molecular complexity index is 251. The second-order valence-electron chi connectivity index (χ2n) is 3.78. The number of hydrogen-bond donors (Lipinski definition) is 2. The van der Waals surface area contributed by atoms with Crippen molar-refractivity contribution >= 4 is 10.0 Å². The van der Waals surface area contributed by atoms with Gasteiger partial charge in [0.1, 0.15) is 0 Å². The van der Waals surface area contributed by atoms with Crippen molar-refractivity contribution < 1.29 is 8.42 Å². The zero-order chi connectivity index (χ0) is 9.90. The molecule has 0 bridgehead atoms. The molecule has 1 aliphatic carbocycles. The Morgan fingerprint density at radius 3 is 2.54 bits per heavy atom. The van der Waals surface area contributed by atoms with Crippen molar-refractivity contribution in [1.29, 1.82) is 0 Å². The molecule has 0 aromatic rings. The standard InChI is InChI=1S/C8H18N2O2S/c1-13(11,12)10-8-5-3-2-4-7(8)6-9/h7-8,10H,2-6,9H2,1H3/t7-,8-/m1/s1. The van der Waals surface area contributed by atoms with Crippen LogP contribution in [0.15, 0.2) is 0 Å². The normalized spacial score (nSPS) is 30.3. The first-order chi connectivity index (χ1) is 6.03. The molecule has 1 fully saturated rings. The molecule has 5 heteroatoms. The monoisotopic (exact) mass is 206 g/mol. The van der Waals surface area contributed by atoms with Gasteiger partial charge in [-0.1, -0.05) is 12.8 Å². The maximum Gasteiger partial charge on any atom is 0.208 e. The van der Waals surface area contributed by atoms with E-state index in [2.05, 4.69) is 4.72 Å². The number of nitrogens with one attached hydrogen (secondary N) is 1. The minimum Gasteiger partial charge on any atom is -0.330 e. The predicted molar refractivity (Wildman–Crippen MR) is 52.8 cm³/mol. The topological polar surface area (TPSA) is 72.2 Å². The second-order valence-corrected chi connectivity index (χ2v) is 5.56. The lowest BCUT2D eigenvalue weighted by atomic mass is 9.85. The molecular weight excluding hydrogens is 188 g/mol. The molecule has 0 heterocycles. The molecule has 3 N–H and O–H groups in total. The lowest BCUT2D eigenvalue weighted by molar-refractivity contribution is 0.296. The van der Waals surface area contributed by atoms with Crippen molar-refractivity contribution in [3.05, 3.63) is 0 Å². The van der Waals surface area contributed by atoms with E-state index >= 15 is 0 Å². The summed E-state index contributed by atoms with van der Waals surface area (Å²) >= 11 is 0. The molecule has 0 aliphatic heterocycles. The van der Waals surface area contributed by atoms with Gasteiger partial charge in [0.25, 0.3) is 0 Å². The van der Waals surface area contributed by atoms with Crippen LogP contribution in [0.4, 0.5) is 0 Å². The largest absolute Gasteiger partial charge is 0.330 e. The van der Waals surface area contributed by atoms with Crippen LogP contribution in [-0.4, -0.2) is 27.3 Å². The van der Waals surface area contributed by atoms with Crippen LogP contribution < -0.4 is 10.5 Å². The van der Waals surface area contributed by atoms with E-state index in [0.29, 0.717) is 12.5 Å². The first-order valence-corrected chi connectivity index (χ1v) is 6.59. The summed E-state index contributed by atoms with van der Waals surface area (Å²) < 4.78 is 24.7. The number of rotatable bonds is 3. The Kier molecular flexibility index (Phi) is 3.70. The minimum absolute atomic E-state index is 0.0637. The van der Waals surface area contributed by atoms with E-state index in [1.165, 1.54) is 12.7 Å². The first-order valence-electron chi connectivity index (χ1n) is 4.70. The van der Waals surface area contributed by atoms with Crippen LogP contribution in [0.5, 0.6) is 0 Å². The lowest BCUT2D eigenvalue weighted by Crippen LogP contribution is -2.44. The summed E-state index contributed by atoms with van der Waals surface area (Å²) in [5.74, 6) is 0.323. The van der Waals surface area contributed by atoms with Crippen LogP contribution in [0.25, 0.3) is 0 Å².